The first-order chi connectivity index (χ1) is 6.29. The molecular weight excluding hydrogens is 160 g/mol. The third-order valence-electron chi connectivity index (χ3n) is 3.02. The monoisotopic (exact) mass is 176 g/mol. The van der Waals surface area contributed by atoms with Gasteiger partial charge >= 0.3 is 0 Å². The molecule has 0 aromatic rings. The minimum atomic E-state index is 0.390. The van der Waals surface area contributed by atoms with E-state index in [4.69, 9.17) is 0 Å². The van der Waals surface area contributed by atoms with Crippen molar-refractivity contribution in [3.63, 3.8) is 0 Å². The summed E-state index contributed by atoms with van der Waals surface area (Å²) in [5.74, 6) is 0.627. The van der Waals surface area contributed by atoms with Crippen LogP contribution in [-0.2, 0) is 0 Å². The van der Waals surface area contributed by atoms with Crippen LogP contribution < -0.4 is 0 Å². The van der Waals surface area contributed by atoms with Crippen molar-refractivity contribution < 1.29 is 0 Å². The fourth-order valence-corrected chi connectivity index (χ4v) is 2.20. The lowest BCUT2D eigenvalue weighted by Gasteiger charge is -2.27. The second-order valence-corrected chi connectivity index (χ2v) is 3.90. The highest BCUT2D eigenvalue weighted by atomic mass is 14.8. The van der Waals surface area contributed by atoms with Gasteiger partial charge < -0.3 is 0 Å². The molecule has 13 heavy (non-hydrogen) atoms. The van der Waals surface area contributed by atoms with E-state index in [1.807, 2.05) is 6.21 Å². The average Bonchev–Trinajstić information content (AvgIpc) is 2.52. The van der Waals surface area contributed by atoms with E-state index in [-0.39, 0.29) is 0 Å². The van der Waals surface area contributed by atoms with Crippen LogP contribution in [0.2, 0.25) is 0 Å². The van der Waals surface area contributed by atoms with Gasteiger partial charge in [-0.2, -0.15) is 0 Å². The predicted molar refractivity (Wildman–Crippen MR) is 56.7 cm³/mol. The molecule has 0 radical (unpaired) electrons. The lowest BCUT2D eigenvalue weighted by atomic mass is 9.84. The van der Waals surface area contributed by atoms with Crippen molar-refractivity contribution in [1.82, 2.24) is 0 Å². The van der Waals surface area contributed by atoms with E-state index in [0.29, 0.717) is 18.0 Å². The van der Waals surface area contributed by atoms with E-state index in [9.17, 15) is 0 Å². The second-order valence-electron chi connectivity index (χ2n) is 3.90. The molecule has 70 valence electrons. The first-order valence-electron chi connectivity index (χ1n) is 5.04. The van der Waals surface area contributed by atoms with Gasteiger partial charge in [0.2, 0.25) is 0 Å². The summed E-state index contributed by atoms with van der Waals surface area (Å²) >= 11 is 0. The molecule has 2 heterocycles. The summed E-state index contributed by atoms with van der Waals surface area (Å²) in [6.07, 6.45) is 8.53. The summed E-state index contributed by atoms with van der Waals surface area (Å²) in [6, 6.07) is 0.838. The molecule has 2 nitrogen and oxygen atoms in total. The first-order valence-corrected chi connectivity index (χ1v) is 5.04. The number of rotatable bonds is 1. The van der Waals surface area contributed by atoms with Crippen LogP contribution in [0.1, 0.15) is 26.7 Å². The quantitative estimate of drug-likeness (QED) is 0.585. The predicted octanol–water partition coefficient (Wildman–Crippen LogP) is 2.25. The normalized spacial score (nSPS) is 38.0. The third kappa shape index (κ3) is 1.58. The maximum atomic E-state index is 4.47. The van der Waals surface area contributed by atoms with Gasteiger partial charge in [-0.3, -0.25) is 9.98 Å². The van der Waals surface area contributed by atoms with Crippen LogP contribution in [0.4, 0.5) is 0 Å². The average molecular weight is 176 g/mol. The van der Waals surface area contributed by atoms with Crippen LogP contribution in [0.5, 0.6) is 0 Å². The van der Waals surface area contributed by atoms with Gasteiger partial charge in [0.15, 0.2) is 0 Å². The molecule has 0 aromatic carbocycles. The van der Waals surface area contributed by atoms with Crippen LogP contribution in [0, 0.1) is 5.92 Å². The topological polar surface area (TPSA) is 24.7 Å². The van der Waals surface area contributed by atoms with Crippen LogP contribution in [0.3, 0.4) is 0 Å². The molecule has 2 aliphatic rings. The second kappa shape index (κ2) is 3.44. The Labute approximate surface area is 79.5 Å². The van der Waals surface area contributed by atoms with Crippen molar-refractivity contribution in [2.75, 3.05) is 0 Å². The van der Waals surface area contributed by atoms with Crippen LogP contribution >= 0.6 is 0 Å². The zero-order valence-electron chi connectivity index (χ0n) is 8.27. The van der Waals surface area contributed by atoms with Crippen LogP contribution in [-0.4, -0.2) is 24.5 Å². The summed E-state index contributed by atoms with van der Waals surface area (Å²) in [5.41, 5.74) is 1.48. The molecule has 0 fully saturated rings. The molecule has 0 amide bonds. The Morgan fingerprint density at radius 1 is 1.31 bits per heavy atom. The Balaban J connectivity index is 2.13. The molecule has 2 heteroatoms. The maximum absolute atomic E-state index is 4.47. The summed E-state index contributed by atoms with van der Waals surface area (Å²) in [5, 5.41) is 0. The minimum Gasteiger partial charge on any atom is -0.294 e. The minimum absolute atomic E-state index is 0.390. The molecule has 0 N–H and O–H groups in total. The fraction of sp³-hybridized carbons (Fsp3) is 0.636. The smallest absolute Gasteiger partial charge is 0.0687 e. The summed E-state index contributed by atoms with van der Waals surface area (Å²) in [7, 11) is 0. The van der Waals surface area contributed by atoms with E-state index < -0.39 is 0 Å². The maximum Gasteiger partial charge on any atom is 0.0687 e. The number of hydrogen-bond acceptors (Lipinski definition) is 2. The Morgan fingerprint density at radius 2 is 2.15 bits per heavy atom. The standard InChI is InChI=1S/C11H16N2/c1-8-10(4-3-6-12-8)11-5-7-13-9(11)2/h5-10H,3-4H2,1-2H3/t8-,9-,10-/m1/s1. The Hall–Kier alpha value is -0.920. The Bertz CT molecular complexity index is 276. The van der Waals surface area contributed by atoms with Gasteiger partial charge in [0.1, 0.15) is 0 Å². The molecule has 0 aromatic heterocycles. The number of hydrogen-bond donors (Lipinski definition) is 0. The number of nitrogens with zero attached hydrogens (tertiary/aromatic N) is 2. The zero-order chi connectivity index (χ0) is 9.26. The van der Waals surface area contributed by atoms with Gasteiger partial charge in [-0.05, 0) is 44.6 Å². The van der Waals surface area contributed by atoms with Crippen molar-refractivity contribution in [1.29, 1.82) is 0 Å². The molecule has 2 aliphatic heterocycles. The highest BCUT2D eigenvalue weighted by molar-refractivity contribution is 5.76. The van der Waals surface area contributed by atoms with Gasteiger partial charge in [-0.15, -0.1) is 0 Å². The van der Waals surface area contributed by atoms with Gasteiger partial charge in [0, 0.05) is 12.1 Å². The van der Waals surface area contributed by atoms with E-state index in [1.54, 1.807) is 0 Å². The largest absolute Gasteiger partial charge is 0.294 e. The molecule has 0 bridgehead atoms. The van der Waals surface area contributed by atoms with E-state index in [1.165, 1.54) is 12.0 Å². The molecule has 3 atom stereocenters. The number of aliphatic imine (C=N–C) groups is 2. The van der Waals surface area contributed by atoms with Crippen molar-refractivity contribution >= 4 is 12.4 Å². The Kier molecular flexibility index (Phi) is 2.30. The van der Waals surface area contributed by atoms with E-state index in [0.717, 1.165) is 6.42 Å². The molecule has 0 unspecified atom stereocenters. The van der Waals surface area contributed by atoms with E-state index >= 15 is 0 Å². The van der Waals surface area contributed by atoms with Crippen LogP contribution in [0.25, 0.3) is 0 Å². The SMILES string of the molecule is C[C@H]1N=CC=C1[C@@H]1CCC=N[C@@H]1C. The summed E-state index contributed by atoms with van der Waals surface area (Å²) in [4.78, 5) is 8.83. The van der Waals surface area contributed by atoms with Crippen LogP contribution in [0.15, 0.2) is 21.6 Å². The molecule has 0 saturated heterocycles. The lowest BCUT2D eigenvalue weighted by molar-refractivity contribution is 0.451. The van der Waals surface area contributed by atoms with Crippen molar-refractivity contribution in [2.45, 2.75) is 38.8 Å². The van der Waals surface area contributed by atoms with Gasteiger partial charge in [-0.25, -0.2) is 0 Å². The van der Waals surface area contributed by atoms with Gasteiger partial charge in [0.25, 0.3) is 0 Å². The first kappa shape index (κ1) is 8.67. The molecular formula is C11H16N2. The molecule has 0 spiro atoms. The van der Waals surface area contributed by atoms with Gasteiger partial charge in [0.05, 0.1) is 12.1 Å². The zero-order valence-corrected chi connectivity index (χ0v) is 8.27. The molecule has 0 aliphatic carbocycles. The fourth-order valence-electron chi connectivity index (χ4n) is 2.20. The highest BCUT2D eigenvalue weighted by Gasteiger charge is 2.26. The van der Waals surface area contributed by atoms with E-state index in [2.05, 4.69) is 36.1 Å². The number of allylic oxidation sites excluding steroid dienone is 1. The van der Waals surface area contributed by atoms with Crippen molar-refractivity contribution in [3.8, 4) is 0 Å². The highest BCUT2D eigenvalue weighted by Crippen LogP contribution is 2.30. The molecule has 2 rings (SSSR count). The Morgan fingerprint density at radius 3 is 2.77 bits per heavy atom. The van der Waals surface area contributed by atoms with Gasteiger partial charge in [-0.1, -0.05) is 0 Å². The summed E-state index contributed by atoms with van der Waals surface area (Å²) in [6.45, 7) is 4.37. The summed E-state index contributed by atoms with van der Waals surface area (Å²) < 4.78 is 0. The third-order valence-corrected chi connectivity index (χ3v) is 3.02. The lowest BCUT2D eigenvalue weighted by Crippen LogP contribution is -2.24. The molecule has 0 saturated carbocycles. The van der Waals surface area contributed by atoms with Crippen molar-refractivity contribution in [3.05, 3.63) is 11.6 Å². The van der Waals surface area contributed by atoms with Crippen molar-refractivity contribution in [2.24, 2.45) is 15.9 Å².